The molecule has 0 aliphatic carbocycles. The molecule has 4 aromatic heterocycles. The average molecular weight is 376 g/mol. The van der Waals surface area contributed by atoms with Crippen molar-refractivity contribution in [1.82, 2.24) is 34.9 Å². The maximum Gasteiger partial charge on any atom is 0.261 e. The Bertz CT molecular complexity index is 1070. The Kier molecular flexibility index (Phi) is 4.56. The molecule has 1 unspecified atom stereocenters. The Morgan fingerprint density at radius 2 is 1.79 bits per heavy atom. The number of nitrogens with zero attached hydrogens (tertiary/aromatic N) is 7. The highest BCUT2D eigenvalue weighted by atomic mass is 16.5. The topological polar surface area (TPSA) is 121 Å². The number of rotatable bonds is 5. The van der Waals surface area contributed by atoms with Crippen molar-refractivity contribution in [1.29, 1.82) is 0 Å². The van der Waals surface area contributed by atoms with Crippen molar-refractivity contribution < 1.29 is 4.52 Å². The maximum absolute atomic E-state index is 5.54. The number of nitrogens with two attached hydrogens (primary N) is 1. The molecule has 4 heterocycles. The van der Waals surface area contributed by atoms with Crippen LogP contribution in [0, 0.1) is 5.92 Å². The first-order valence-electron chi connectivity index (χ1n) is 8.87. The van der Waals surface area contributed by atoms with Crippen LogP contribution in [0.15, 0.2) is 47.6 Å². The van der Waals surface area contributed by atoms with Gasteiger partial charge < -0.3 is 10.3 Å². The van der Waals surface area contributed by atoms with Crippen LogP contribution >= 0.6 is 0 Å². The summed E-state index contributed by atoms with van der Waals surface area (Å²) in [6, 6.07) is 3.95. The van der Waals surface area contributed by atoms with Crippen LogP contribution in [-0.4, -0.2) is 34.9 Å². The maximum atomic E-state index is 5.54. The van der Waals surface area contributed by atoms with Crippen LogP contribution < -0.4 is 5.73 Å². The van der Waals surface area contributed by atoms with Gasteiger partial charge in [-0.2, -0.15) is 10.1 Å². The predicted molar refractivity (Wildman–Crippen MR) is 103 cm³/mol. The van der Waals surface area contributed by atoms with Gasteiger partial charge in [-0.3, -0.25) is 9.67 Å². The minimum atomic E-state index is -0.0432. The van der Waals surface area contributed by atoms with E-state index < -0.39 is 0 Å². The van der Waals surface area contributed by atoms with E-state index in [0.717, 1.165) is 22.4 Å². The van der Waals surface area contributed by atoms with E-state index in [2.05, 4.69) is 44.0 Å². The van der Waals surface area contributed by atoms with Crippen LogP contribution in [0.1, 0.15) is 31.2 Å². The smallest absolute Gasteiger partial charge is 0.261 e. The molecule has 0 saturated carbocycles. The summed E-state index contributed by atoms with van der Waals surface area (Å²) in [5.74, 6) is 1.53. The molecule has 4 aromatic rings. The van der Waals surface area contributed by atoms with Crippen molar-refractivity contribution in [3.05, 3.63) is 54.5 Å². The molecular formula is C19H20N8O. The van der Waals surface area contributed by atoms with E-state index in [4.69, 9.17) is 10.3 Å². The molecule has 142 valence electrons. The van der Waals surface area contributed by atoms with Gasteiger partial charge in [-0.15, -0.1) is 0 Å². The number of hydrogen-bond donors (Lipinski definition) is 1. The van der Waals surface area contributed by atoms with Crippen molar-refractivity contribution in [3.8, 4) is 22.7 Å². The van der Waals surface area contributed by atoms with Gasteiger partial charge in [0.05, 0.1) is 23.4 Å². The van der Waals surface area contributed by atoms with Crippen molar-refractivity contribution >= 4 is 5.95 Å². The predicted octanol–water partition coefficient (Wildman–Crippen LogP) is 2.69. The third kappa shape index (κ3) is 3.46. The van der Waals surface area contributed by atoms with Crippen molar-refractivity contribution in [2.75, 3.05) is 5.73 Å². The fraction of sp³-hybridized carbons (Fsp3) is 0.263. The summed E-state index contributed by atoms with van der Waals surface area (Å²) < 4.78 is 7.15. The number of aryl methyl sites for hydroxylation is 1. The van der Waals surface area contributed by atoms with E-state index in [0.29, 0.717) is 11.7 Å². The summed E-state index contributed by atoms with van der Waals surface area (Å²) in [7, 11) is 1.84. The van der Waals surface area contributed by atoms with Crippen molar-refractivity contribution in [2.24, 2.45) is 13.0 Å². The number of pyridine rings is 1. The molecule has 0 amide bonds. The number of anilines is 1. The van der Waals surface area contributed by atoms with E-state index in [1.54, 1.807) is 23.3 Å². The van der Waals surface area contributed by atoms with E-state index in [1.165, 1.54) is 0 Å². The fourth-order valence-electron chi connectivity index (χ4n) is 3.07. The average Bonchev–Trinajstić information content (AvgIpc) is 3.32. The van der Waals surface area contributed by atoms with Crippen molar-refractivity contribution in [2.45, 2.75) is 19.8 Å². The first kappa shape index (κ1) is 17.8. The normalized spacial score (nSPS) is 12.4. The molecule has 4 rings (SSSR count). The lowest BCUT2D eigenvalue weighted by atomic mass is 9.88. The molecule has 0 saturated heterocycles. The van der Waals surface area contributed by atoms with Crippen LogP contribution in [0.5, 0.6) is 0 Å². The number of nitrogen functional groups attached to an aromatic ring is 1. The Balaban J connectivity index is 1.63. The first-order valence-corrected chi connectivity index (χ1v) is 8.87. The molecule has 2 N–H and O–H groups in total. The number of aromatic nitrogens is 7. The molecule has 0 bridgehead atoms. The summed E-state index contributed by atoms with van der Waals surface area (Å²) >= 11 is 0. The van der Waals surface area contributed by atoms with Gasteiger partial charge in [0, 0.05) is 37.4 Å². The fourth-order valence-corrected chi connectivity index (χ4v) is 3.07. The summed E-state index contributed by atoms with van der Waals surface area (Å²) in [5.41, 5.74) is 8.92. The van der Waals surface area contributed by atoms with Gasteiger partial charge in [-0.25, -0.2) is 9.97 Å². The molecule has 28 heavy (non-hydrogen) atoms. The summed E-state index contributed by atoms with van der Waals surface area (Å²) in [5, 5.41) is 8.35. The highest BCUT2D eigenvalue weighted by Gasteiger charge is 2.25. The molecule has 0 spiro atoms. The molecule has 9 nitrogen and oxygen atoms in total. The lowest BCUT2D eigenvalue weighted by Crippen LogP contribution is -2.11. The standard InChI is InChI=1S/C19H20N8O/c1-11(2)16(17-25-18(28-26-17)14-9-24-27(3)10-14)12-4-5-15(21-6-12)13-7-22-19(20)23-8-13/h4-11,16H,1-3H3,(H2,20,22,23). The summed E-state index contributed by atoms with van der Waals surface area (Å²) in [4.78, 5) is 17.2. The van der Waals surface area contributed by atoms with Gasteiger partial charge in [-0.05, 0) is 17.5 Å². The van der Waals surface area contributed by atoms with E-state index in [9.17, 15) is 0 Å². The lowest BCUT2D eigenvalue weighted by Gasteiger charge is -2.17. The highest BCUT2D eigenvalue weighted by Crippen LogP contribution is 2.31. The zero-order chi connectivity index (χ0) is 19.7. The largest absolute Gasteiger partial charge is 0.368 e. The summed E-state index contributed by atoms with van der Waals surface area (Å²) in [6.07, 6.45) is 8.68. The van der Waals surface area contributed by atoms with Gasteiger partial charge in [0.15, 0.2) is 5.82 Å². The van der Waals surface area contributed by atoms with Crippen LogP contribution in [0.4, 0.5) is 5.95 Å². The molecule has 0 aliphatic heterocycles. The van der Waals surface area contributed by atoms with E-state index >= 15 is 0 Å². The lowest BCUT2D eigenvalue weighted by molar-refractivity contribution is 0.409. The van der Waals surface area contributed by atoms with E-state index in [-0.39, 0.29) is 17.8 Å². The number of hydrogen-bond acceptors (Lipinski definition) is 8. The molecule has 0 fully saturated rings. The molecule has 9 heteroatoms. The third-order valence-corrected chi connectivity index (χ3v) is 4.45. The monoisotopic (exact) mass is 376 g/mol. The third-order valence-electron chi connectivity index (χ3n) is 4.45. The molecule has 0 aliphatic rings. The minimum Gasteiger partial charge on any atom is -0.368 e. The Morgan fingerprint density at radius 3 is 2.39 bits per heavy atom. The van der Waals surface area contributed by atoms with Gasteiger partial charge in [0.2, 0.25) is 5.95 Å². The zero-order valence-corrected chi connectivity index (χ0v) is 15.8. The highest BCUT2D eigenvalue weighted by molar-refractivity contribution is 5.57. The Morgan fingerprint density at radius 1 is 1.00 bits per heavy atom. The van der Waals surface area contributed by atoms with Crippen LogP contribution in [0.25, 0.3) is 22.7 Å². The van der Waals surface area contributed by atoms with Crippen molar-refractivity contribution in [3.63, 3.8) is 0 Å². The second kappa shape index (κ2) is 7.18. The Labute approximate surface area is 161 Å². The zero-order valence-electron chi connectivity index (χ0n) is 15.8. The first-order chi connectivity index (χ1) is 13.5. The van der Waals surface area contributed by atoms with Crippen LogP contribution in [-0.2, 0) is 7.05 Å². The van der Waals surface area contributed by atoms with E-state index in [1.807, 2.05) is 31.6 Å². The Hall–Kier alpha value is -3.62. The molecule has 0 aromatic carbocycles. The molecule has 1 atom stereocenters. The van der Waals surface area contributed by atoms with Crippen LogP contribution in [0.2, 0.25) is 0 Å². The van der Waals surface area contributed by atoms with Gasteiger partial charge >= 0.3 is 0 Å². The minimum absolute atomic E-state index is 0.0432. The summed E-state index contributed by atoms with van der Waals surface area (Å²) in [6.45, 7) is 4.24. The second-order valence-electron chi connectivity index (χ2n) is 6.89. The molecular weight excluding hydrogens is 356 g/mol. The SMILES string of the molecule is CC(C)C(c1ccc(-c2cnc(N)nc2)nc1)c1noc(-c2cnn(C)c2)n1. The van der Waals surface area contributed by atoms with Gasteiger partial charge in [0.25, 0.3) is 5.89 Å². The van der Waals surface area contributed by atoms with Gasteiger partial charge in [0.1, 0.15) is 0 Å². The second-order valence-corrected chi connectivity index (χ2v) is 6.89. The van der Waals surface area contributed by atoms with Gasteiger partial charge in [-0.1, -0.05) is 25.1 Å². The quantitative estimate of drug-likeness (QED) is 0.564. The molecule has 0 radical (unpaired) electrons. The van der Waals surface area contributed by atoms with Crippen LogP contribution in [0.3, 0.4) is 0 Å².